The van der Waals surface area contributed by atoms with Gasteiger partial charge in [-0.1, -0.05) is 12.1 Å². The Hall–Kier alpha value is -3.19. The second-order valence-electron chi connectivity index (χ2n) is 4.76. The minimum Gasteiger partial charge on any atom is -0.507 e. The van der Waals surface area contributed by atoms with Gasteiger partial charge >= 0.3 is 0 Å². The number of nitrogens with zero attached hydrogens (tertiary/aromatic N) is 3. The Morgan fingerprint density at radius 1 is 1.12 bits per heavy atom. The Labute approximate surface area is 139 Å². The van der Waals surface area contributed by atoms with Crippen LogP contribution in [0.3, 0.4) is 0 Å². The molecule has 0 atom stereocenters. The number of hydrogen-bond acceptors (Lipinski definition) is 6. The van der Waals surface area contributed by atoms with E-state index in [4.69, 9.17) is 4.74 Å². The van der Waals surface area contributed by atoms with Gasteiger partial charge in [-0.15, -0.1) is 0 Å². The summed E-state index contributed by atoms with van der Waals surface area (Å²) in [7, 11) is 1.58. The number of hydrogen-bond donors (Lipinski definition) is 3. The second-order valence-corrected chi connectivity index (χ2v) is 4.76. The number of amidine groups is 1. The third kappa shape index (κ3) is 4.65. The van der Waals surface area contributed by atoms with E-state index in [0.717, 1.165) is 0 Å². The van der Waals surface area contributed by atoms with E-state index in [-0.39, 0.29) is 11.6 Å². The topological polar surface area (TPSA) is 98.8 Å². The molecule has 2 aromatic rings. The molecule has 0 unspecified atom stereocenters. The SMILES string of the molecule is COc1ccc(N=C(NO)/C(C)=N/N=C/c2ccccc2O)cc1. The number of ether oxygens (including phenoxy) is 1. The van der Waals surface area contributed by atoms with Gasteiger partial charge in [0, 0.05) is 5.56 Å². The Morgan fingerprint density at radius 2 is 1.83 bits per heavy atom. The van der Waals surface area contributed by atoms with Crippen molar-refractivity contribution >= 4 is 23.4 Å². The van der Waals surface area contributed by atoms with Crippen molar-refractivity contribution in [3.63, 3.8) is 0 Å². The van der Waals surface area contributed by atoms with Crippen LogP contribution in [-0.4, -0.2) is 35.2 Å². The summed E-state index contributed by atoms with van der Waals surface area (Å²) in [6, 6.07) is 13.8. The number of benzene rings is 2. The standard InChI is InChI=1S/C17H18N4O3/c1-12(20-18-11-13-5-3-4-6-16(13)22)17(21-23)19-14-7-9-15(24-2)10-8-14/h3-11,22-23H,1-2H3,(H,19,21)/b18-11+,20-12+. The molecule has 7 nitrogen and oxygen atoms in total. The third-order valence-corrected chi connectivity index (χ3v) is 3.10. The summed E-state index contributed by atoms with van der Waals surface area (Å²) in [5.41, 5.74) is 3.54. The first-order chi connectivity index (χ1) is 11.6. The number of phenols is 1. The molecule has 124 valence electrons. The normalized spacial score (nSPS) is 12.5. The molecule has 0 amide bonds. The summed E-state index contributed by atoms with van der Waals surface area (Å²) in [6.07, 6.45) is 1.42. The molecule has 0 aliphatic rings. The summed E-state index contributed by atoms with van der Waals surface area (Å²) in [5, 5.41) is 26.7. The van der Waals surface area contributed by atoms with Crippen LogP contribution in [0.2, 0.25) is 0 Å². The van der Waals surface area contributed by atoms with Gasteiger partial charge in [0.25, 0.3) is 0 Å². The van der Waals surface area contributed by atoms with Gasteiger partial charge in [0.15, 0.2) is 5.84 Å². The highest BCUT2D eigenvalue weighted by molar-refractivity contribution is 6.40. The maximum absolute atomic E-state index is 9.64. The van der Waals surface area contributed by atoms with Gasteiger partial charge in [-0.05, 0) is 43.3 Å². The number of aliphatic imine (C=N–C) groups is 1. The minimum atomic E-state index is 0.113. The Balaban J connectivity index is 2.16. The highest BCUT2D eigenvalue weighted by Crippen LogP contribution is 2.17. The molecule has 0 aliphatic carbocycles. The van der Waals surface area contributed by atoms with E-state index in [1.165, 1.54) is 6.21 Å². The van der Waals surface area contributed by atoms with Crippen LogP contribution >= 0.6 is 0 Å². The van der Waals surface area contributed by atoms with Gasteiger partial charge in [-0.2, -0.15) is 10.2 Å². The summed E-state index contributed by atoms with van der Waals surface area (Å²) in [4.78, 5) is 4.24. The van der Waals surface area contributed by atoms with Gasteiger partial charge in [-0.3, -0.25) is 10.7 Å². The molecule has 0 saturated carbocycles. The maximum Gasteiger partial charge on any atom is 0.173 e. The molecule has 0 bridgehead atoms. The van der Waals surface area contributed by atoms with Crippen molar-refractivity contribution in [1.82, 2.24) is 5.48 Å². The van der Waals surface area contributed by atoms with Crippen LogP contribution in [0, 0.1) is 0 Å². The maximum atomic E-state index is 9.64. The molecule has 24 heavy (non-hydrogen) atoms. The lowest BCUT2D eigenvalue weighted by molar-refractivity contribution is 0.236. The zero-order valence-corrected chi connectivity index (χ0v) is 13.3. The summed E-state index contributed by atoms with van der Waals surface area (Å²) in [5.74, 6) is 0.987. The summed E-state index contributed by atoms with van der Waals surface area (Å²) >= 11 is 0. The quantitative estimate of drug-likeness (QED) is 0.447. The zero-order valence-electron chi connectivity index (χ0n) is 13.3. The summed E-state index contributed by atoms with van der Waals surface area (Å²) in [6.45, 7) is 1.65. The lowest BCUT2D eigenvalue weighted by atomic mass is 10.2. The van der Waals surface area contributed by atoms with Crippen LogP contribution in [0.4, 0.5) is 5.69 Å². The van der Waals surface area contributed by atoms with Gasteiger partial charge in [-0.25, -0.2) is 4.99 Å². The van der Waals surface area contributed by atoms with Crippen LogP contribution in [0.5, 0.6) is 11.5 Å². The number of methoxy groups -OCH3 is 1. The van der Waals surface area contributed by atoms with Crippen molar-refractivity contribution in [2.75, 3.05) is 7.11 Å². The van der Waals surface area contributed by atoms with Crippen LogP contribution in [0.1, 0.15) is 12.5 Å². The molecule has 3 N–H and O–H groups in total. The average molecular weight is 326 g/mol. The van der Waals surface area contributed by atoms with Gasteiger partial charge in [0.2, 0.25) is 0 Å². The fraction of sp³-hybridized carbons (Fsp3) is 0.118. The molecule has 0 aliphatic heterocycles. The van der Waals surface area contributed by atoms with Gasteiger partial charge < -0.3 is 9.84 Å². The lowest BCUT2D eigenvalue weighted by Gasteiger charge is -2.04. The Morgan fingerprint density at radius 3 is 2.46 bits per heavy atom. The fourth-order valence-electron chi connectivity index (χ4n) is 1.79. The van der Waals surface area contributed by atoms with Crippen molar-refractivity contribution in [2.24, 2.45) is 15.2 Å². The first kappa shape index (κ1) is 17.2. The number of phenolic OH excluding ortho intramolecular Hbond substituents is 1. The van der Waals surface area contributed by atoms with Crippen LogP contribution in [0.25, 0.3) is 0 Å². The fourth-order valence-corrected chi connectivity index (χ4v) is 1.79. The zero-order chi connectivity index (χ0) is 17.4. The number of para-hydroxylation sites is 1. The van der Waals surface area contributed by atoms with E-state index >= 15 is 0 Å². The number of rotatable bonds is 5. The third-order valence-electron chi connectivity index (χ3n) is 3.10. The van der Waals surface area contributed by atoms with Crippen molar-refractivity contribution < 1.29 is 15.1 Å². The van der Waals surface area contributed by atoms with Crippen LogP contribution in [-0.2, 0) is 0 Å². The van der Waals surface area contributed by atoms with E-state index in [0.29, 0.717) is 22.7 Å². The average Bonchev–Trinajstić information content (AvgIpc) is 2.61. The van der Waals surface area contributed by atoms with Crippen LogP contribution in [0.15, 0.2) is 63.7 Å². The van der Waals surface area contributed by atoms with E-state index in [2.05, 4.69) is 15.2 Å². The predicted octanol–water partition coefficient (Wildman–Crippen LogP) is 2.90. The summed E-state index contributed by atoms with van der Waals surface area (Å²) < 4.78 is 5.08. The highest BCUT2D eigenvalue weighted by Gasteiger charge is 2.03. The Bertz CT molecular complexity index is 768. The minimum absolute atomic E-state index is 0.113. The smallest absolute Gasteiger partial charge is 0.173 e. The lowest BCUT2D eigenvalue weighted by Crippen LogP contribution is -2.26. The molecular formula is C17H18N4O3. The molecule has 0 saturated heterocycles. The largest absolute Gasteiger partial charge is 0.507 e. The number of hydroxylamine groups is 1. The molecule has 0 spiro atoms. The van der Waals surface area contributed by atoms with E-state index in [1.807, 2.05) is 5.48 Å². The molecule has 0 fully saturated rings. The van der Waals surface area contributed by atoms with Gasteiger partial charge in [0.1, 0.15) is 17.2 Å². The number of aromatic hydroxyl groups is 1. The van der Waals surface area contributed by atoms with Gasteiger partial charge in [0.05, 0.1) is 19.0 Å². The van der Waals surface area contributed by atoms with E-state index in [1.54, 1.807) is 62.6 Å². The van der Waals surface area contributed by atoms with Crippen molar-refractivity contribution in [2.45, 2.75) is 6.92 Å². The predicted molar refractivity (Wildman–Crippen MR) is 93.8 cm³/mol. The first-order valence-corrected chi connectivity index (χ1v) is 7.13. The Kier molecular flexibility index (Phi) is 6.04. The first-order valence-electron chi connectivity index (χ1n) is 7.13. The molecule has 2 aromatic carbocycles. The van der Waals surface area contributed by atoms with Crippen molar-refractivity contribution in [1.29, 1.82) is 0 Å². The molecule has 2 rings (SSSR count). The van der Waals surface area contributed by atoms with E-state index in [9.17, 15) is 10.3 Å². The van der Waals surface area contributed by atoms with Crippen molar-refractivity contribution in [3.05, 3.63) is 54.1 Å². The van der Waals surface area contributed by atoms with Crippen LogP contribution < -0.4 is 10.2 Å². The molecule has 0 radical (unpaired) electrons. The highest BCUT2D eigenvalue weighted by atomic mass is 16.5. The van der Waals surface area contributed by atoms with Crippen molar-refractivity contribution in [3.8, 4) is 11.5 Å². The number of nitrogens with one attached hydrogen (secondary N) is 1. The van der Waals surface area contributed by atoms with E-state index < -0.39 is 0 Å². The molecule has 0 aromatic heterocycles. The monoisotopic (exact) mass is 326 g/mol. The molecule has 7 heteroatoms. The molecule has 0 heterocycles. The molecular weight excluding hydrogens is 308 g/mol. The second kappa shape index (κ2) is 8.44.